The first-order valence-corrected chi connectivity index (χ1v) is 16.5. The summed E-state index contributed by atoms with van der Waals surface area (Å²) in [6.45, 7) is 20.7. The van der Waals surface area contributed by atoms with Crippen molar-refractivity contribution in [2.24, 2.45) is 0 Å². The third-order valence-corrected chi connectivity index (χ3v) is 14.8. The lowest BCUT2D eigenvalue weighted by atomic mass is 9.84. The van der Waals surface area contributed by atoms with Gasteiger partial charge in [-0.15, -0.1) is 0 Å². The Kier molecular flexibility index (Phi) is 10.3. The van der Waals surface area contributed by atoms with Crippen molar-refractivity contribution >= 4 is 8.32 Å². The molecule has 0 amide bonds. The lowest BCUT2D eigenvalue weighted by Gasteiger charge is -2.42. The number of methoxy groups -OCH3 is 1. The lowest BCUT2D eigenvalue weighted by molar-refractivity contribution is -0.0345. The Morgan fingerprint density at radius 2 is 1.45 bits per heavy atom. The second kappa shape index (κ2) is 12.6. The van der Waals surface area contributed by atoms with Gasteiger partial charge in [0.05, 0.1) is 18.3 Å². The fourth-order valence-electron chi connectivity index (χ4n) is 6.64. The molecule has 1 aliphatic heterocycles. The highest BCUT2D eigenvalue weighted by molar-refractivity contribution is 6.78. The number of likely N-dealkylation sites (tertiary alicyclic amines) is 1. The predicted octanol–water partition coefficient (Wildman–Crippen LogP) is 7.02. The van der Waals surface area contributed by atoms with E-state index < -0.39 is 20.0 Å². The molecule has 0 aromatic heterocycles. The highest BCUT2D eigenvalue weighted by Crippen LogP contribution is 2.44. The first-order valence-electron chi connectivity index (χ1n) is 14.3. The van der Waals surface area contributed by atoms with Crippen molar-refractivity contribution in [1.82, 2.24) is 4.90 Å². The van der Waals surface area contributed by atoms with Gasteiger partial charge in [0.1, 0.15) is 5.75 Å². The average molecular weight is 542 g/mol. The van der Waals surface area contributed by atoms with Crippen molar-refractivity contribution in [2.75, 3.05) is 26.7 Å². The van der Waals surface area contributed by atoms with E-state index in [0.29, 0.717) is 42.6 Å². The number of rotatable bonds is 11. The standard InChI is InChI=1S/C32H51NO4Si/c1-22(2)38(23(3)4,24(5)6)37-31-19-25(7)29(18-26(31)8)30(34)20-33-16-14-32(35,15-17-33)28-12-10-27(11-13-28)21-36-9/h10-13,18-19,22-24,30,34-35H,14-17,20-21H2,1-9H3. The highest BCUT2D eigenvalue weighted by Gasteiger charge is 2.47. The van der Waals surface area contributed by atoms with Gasteiger partial charge in [0.15, 0.2) is 0 Å². The summed E-state index contributed by atoms with van der Waals surface area (Å²) in [6.07, 6.45) is 0.727. The summed E-state index contributed by atoms with van der Waals surface area (Å²) in [5.74, 6) is 0.973. The van der Waals surface area contributed by atoms with Gasteiger partial charge in [-0.3, -0.25) is 0 Å². The Morgan fingerprint density at radius 3 is 1.95 bits per heavy atom. The van der Waals surface area contributed by atoms with Crippen LogP contribution in [0.1, 0.15) is 88.3 Å². The van der Waals surface area contributed by atoms with Crippen molar-refractivity contribution in [1.29, 1.82) is 0 Å². The van der Waals surface area contributed by atoms with E-state index >= 15 is 0 Å². The Morgan fingerprint density at radius 1 is 0.895 bits per heavy atom. The molecule has 2 aromatic carbocycles. The fourth-order valence-corrected chi connectivity index (χ4v) is 11.9. The molecule has 38 heavy (non-hydrogen) atoms. The van der Waals surface area contributed by atoms with Gasteiger partial charge in [-0.1, -0.05) is 65.8 Å². The number of ether oxygens (including phenoxy) is 1. The molecule has 1 atom stereocenters. The summed E-state index contributed by atoms with van der Waals surface area (Å²) >= 11 is 0. The zero-order valence-electron chi connectivity index (χ0n) is 25.2. The van der Waals surface area contributed by atoms with Crippen LogP contribution in [0.15, 0.2) is 36.4 Å². The minimum atomic E-state index is -2.05. The van der Waals surface area contributed by atoms with Crippen LogP contribution in [0.25, 0.3) is 0 Å². The van der Waals surface area contributed by atoms with Crippen LogP contribution >= 0.6 is 0 Å². The van der Waals surface area contributed by atoms with Crippen LogP contribution < -0.4 is 4.43 Å². The molecule has 0 bridgehead atoms. The molecule has 1 unspecified atom stereocenters. The van der Waals surface area contributed by atoms with Crippen molar-refractivity contribution in [3.63, 3.8) is 0 Å². The number of nitrogens with zero attached hydrogens (tertiary/aromatic N) is 1. The molecule has 3 rings (SSSR count). The topological polar surface area (TPSA) is 62.2 Å². The van der Waals surface area contributed by atoms with Crippen LogP contribution in [-0.4, -0.2) is 50.2 Å². The van der Waals surface area contributed by atoms with E-state index in [1.807, 2.05) is 24.3 Å². The molecule has 1 saturated heterocycles. The molecule has 1 aliphatic rings. The molecule has 1 fully saturated rings. The highest BCUT2D eigenvalue weighted by atomic mass is 28.4. The van der Waals surface area contributed by atoms with E-state index in [4.69, 9.17) is 9.16 Å². The van der Waals surface area contributed by atoms with Crippen molar-refractivity contribution in [3.05, 3.63) is 64.2 Å². The third-order valence-electron chi connectivity index (χ3n) is 8.83. The monoisotopic (exact) mass is 541 g/mol. The van der Waals surface area contributed by atoms with Gasteiger partial charge in [-0.25, -0.2) is 0 Å². The summed E-state index contributed by atoms with van der Waals surface area (Å²) < 4.78 is 12.2. The SMILES string of the molecule is COCc1ccc(C2(O)CCN(CC(O)c3cc(C)c(O[Si](C(C)C)(C(C)C)C(C)C)cc3C)CC2)cc1. The molecule has 5 nitrogen and oxygen atoms in total. The molecule has 6 heteroatoms. The molecule has 0 aliphatic carbocycles. The number of aliphatic hydroxyl groups excluding tert-OH is 1. The smallest absolute Gasteiger partial charge is 0.258 e. The molecular weight excluding hydrogens is 490 g/mol. The minimum Gasteiger partial charge on any atom is -0.543 e. The molecule has 2 aromatic rings. The fraction of sp³-hybridized carbons (Fsp3) is 0.625. The molecule has 1 heterocycles. The van der Waals surface area contributed by atoms with E-state index in [0.717, 1.165) is 46.7 Å². The average Bonchev–Trinajstić information content (AvgIpc) is 2.85. The Hall–Kier alpha value is -1.70. The summed E-state index contributed by atoms with van der Waals surface area (Å²) in [7, 11) is -0.363. The minimum absolute atomic E-state index is 0.508. The van der Waals surface area contributed by atoms with Crippen LogP contribution in [0.4, 0.5) is 0 Å². The maximum absolute atomic E-state index is 11.3. The summed E-state index contributed by atoms with van der Waals surface area (Å²) in [4.78, 5) is 2.27. The third kappa shape index (κ3) is 6.53. The van der Waals surface area contributed by atoms with Gasteiger partial charge < -0.3 is 24.3 Å². The molecule has 0 radical (unpaired) electrons. The van der Waals surface area contributed by atoms with Crippen LogP contribution in [0.5, 0.6) is 5.75 Å². The second-order valence-corrected chi connectivity index (χ2v) is 17.7. The molecule has 0 saturated carbocycles. The van der Waals surface area contributed by atoms with Gasteiger partial charge in [0, 0.05) is 26.7 Å². The Balaban J connectivity index is 1.68. The first kappa shape index (κ1) is 30.8. The molecular formula is C32H51NO4Si. The summed E-state index contributed by atoms with van der Waals surface area (Å²) in [5.41, 5.74) is 5.90. The Labute approximate surface area is 232 Å². The van der Waals surface area contributed by atoms with Crippen LogP contribution in [-0.2, 0) is 16.9 Å². The summed E-state index contributed by atoms with van der Waals surface area (Å²) in [5, 5.41) is 22.6. The number of aryl methyl sites for hydroxylation is 2. The van der Waals surface area contributed by atoms with E-state index in [9.17, 15) is 10.2 Å². The van der Waals surface area contributed by atoms with Crippen LogP contribution in [0, 0.1) is 13.8 Å². The molecule has 2 N–H and O–H groups in total. The van der Waals surface area contributed by atoms with E-state index in [1.165, 1.54) is 0 Å². The normalized spacial score (nSPS) is 17.4. The maximum Gasteiger partial charge on any atom is 0.258 e. The zero-order chi connectivity index (χ0) is 28.3. The van der Waals surface area contributed by atoms with Gasteiger partial charge in [0.25, 0.3) is 8.32 Å². The summed E-state index contributed by atoms with van der Waals surface area (Å²) in [6, 6.07) is 12.4. The van der Waals surface area contributed by atoms with Crippen molar-refractivity contribution < 1.29 is 19.4 Å². The number of benzene rings is 2. The molecule has 212 valence electrons. The first-order chi connectivity index (χ1) is 17.8. The predicted molar refractivity (Wildman–Crippen MR) is 159 cm³/mol. The van der Waals surface area contributed by atoms with Gasteiger partial charge in [0.2, 0.25) is 0 Å². The van der Waals surface area contributed by atoms with Gasteiger partial charge >= 0.3 is 0 Å². The number of aliphatic hydroxyl groups is 2. The number of β-amino-alcohol motifs (C(OH)–C–C–N with tert-alkyl or cyclic N) is 1. The second-order valence-electron chi connectivity index (χ2n) is 12.4. The number of hydrogen-bond donors (Lipinski definition) is 2. The van der Waals surface area contributed by atoms with E-state index in [-0.39, 0.29) is 0 Å². The lowest BCUT2D eigenvalue weighted by Crippen LogP contribution is -2.50. The van der Waals surface area contributed by atoms with Crippen molar-refractivity contribution in [3.8, 4) is 5.75 Å². The van der Waals surface area contributed by atoms with Crippen LogP contribution in [0.3, 0.4) is 0 Å². The van der Waals surface area contributed by atoms with E-state index in [1.54, 1.807) is 7.11 Å². The van der Waals surface area contributed by atoms with Gasteiger partial charge in [-0.2, -0.15) is 0 Å². The van der Waals surface area contributed by atoms with E-state index in [2.05, 4.69) is 72.4 Å². The largest absolute Gasteiger partial charge is 0.543 e. The number of hydrogen-bond acceptors (Lipinski definition) is 5. The quantitative estimate of drug-likeness (QED) is 0.299. The van der Waals surface area contributed by atoms with Gasteiger partial charge in [-0.05, 0) is 83.3 Å². The Bertz CT molecular complexity index is 1020. The van der Waals surface area contributed by atoms with Crippen molar-refractivity contribution in [2.45, 2.75) is 103 Å². The zero-order valence-corrected chi connectivity index (χ0v) is 26.2. The van der Waals surface area contributed by atoms with Crippen LogP contribution in [0.2, 0.25) is 16.6 Å². The maximum atomic E-state index is 11.3. The molecule has 0 spiro atoms. The number of piperidine rings is 1.